The third-order valence-corrected chi connectivity index (χ3v) is 4.96. The van der Waals surface area contributed by atoms with E-state index in [1.54, 1.807) is 11.3 Å². The Labute approximate surface area is 123 Å². The molecule has 0 aromatic heterocycles. The topological polar surface area (TPSA) is 12.0 Å². The smallest absolute Gasteiger partial charge is 0.0397 e. The first-order valence-electron chi connectivity index (χ1n) is 8.43. The molecule has 0 heterocycles. The van der Waals surface area contributed by atoms with Crippen LogP contribution in [0.15, 0.2) is 41.6 Å². The van der Waals surface area contributed by atoms with E-state index in [1.165, 1.54) is 63.4 Å². The van der Waals surface area contributed by atoms with E-state index in [-0.39, 0.29) is 0 Å². The molecular formula is C19H27N. The summed E-state index contributed by atoms with van der Waals surface area (Å²) in [6.07, 6.45) is 12.6. The molecule has 1 nitrogen and oxygen atoms in total. The quantitative estimate of drug-likeness (QED) is 0.793. The molecule has 1 fully saturated rings. The van der Waals surface area contributed by atoms with E-state index in [9.17, 15) is 0 Å². The van der Waals surface area contributed by atoms with Crippen LogP contribution in [0.5, 0.6) is 0 Å². The van der Waals surface area contributed by atoms with Crippen LogP contribution in [-0.4, -0.2) is 0 Å². The molecule has 108 valence electrons. The Morgan fingerprint density at radius 1 is 0.850 bits per heavy atom. The van der Waals surface area contributed by atoms with Crippen molar-refractivity contribution in [3.05, 3.63) is 47.2 Å². The zero-order valence-corrected chi connectivity index (χ0v) is 12.5. The van der Waals surface area contributed by atoms with Gasteiger partial charge in [-0.05, 0) is 55.6 Å². The number of allylic oxidation sites excluding steroid dienone is 2. The van der Waals surface area contributed by atoms with Crippen LogP contribution in [0.25, 0.3) is 0 Å². The summed E-state index contributed by atoms with van der Waals surface area (Å²) in [6, 6.07) is 10.8. The predicted molar refractivity (Wildman–Crippen MR) is 85.4 cm³/mol. The van der Waals surface area contributed by atoms with Crippen molar-refractivity contribution in [2.24, 2.45) is 5.92 Å². The molecule has 1 saturated carbocycles. The maximum Gasteiger partial charge on any atom is 0.0397 e. The van der Waals surface area contributed by atoms with Crippen molar-refractivity contribution in [1.82, 2.24) is 5.32 Å². The number of benzene rings is 1. The van der Waals surface area contributed by atoms with Gasteiger partial charge >= 0.3 is 0 Å². The minimum Gasteiger partial charge on any atom is -0.384 e. The molecule has 2 aliphatic carbocycles. The summed E-state index contributed by atoms with van der Waals surface area (Å²) in [6.45, 7) is 0.992. The van der Waals surface area contributed by atoms with E-state index in [0.717, 1.165) is 12.5 Å². The van der Waals surface area contributed by atoms with Gasteiger partial charge in [-0.3, -0.25) is 0 Å². The van der Waals surface area contributed by atoms with Gasteiger partial charge in [0.15, 0.2) is 0 Å². The maximum atomic E-state index is 3.76. The highest BCUT2D eigenvalue weighted by Gasteiger charge is 2.22. The average Bonchev–Trinajstić information content (AvgIpc) is 2.55. The van der Waals surface area contributed by atoms with E-state index in [4.69, 9.17) is 0 Å². The molecule has 0 bridgehead atoms. The van der Waals surface area contributed by atoms with Gasteiger partial charge in [-0.25, -0.2) is 0 Å². The molecule has 1 aromatic rings. The summed E-state index contributed by atoms with van der Waals surface area (Å²) in [4.78, 5) is 0. The first-order valence-corrected chi connectivity index (χ1v) is 8.43. The first-order chi connectivity index (χ1) is 9.93. The van der Waals surface area contributed by atoms with E-state index in [0.29, 0.717) is 0 Å². The minimum absolute atomic E-state index is 0.891. The zero-order valence-electron chi connectivity index (χ0n) is 12.5. The van der Waals surface area contributed by atoms with Crippen LogP contribution in [0.3, 0.4) is 0 Å². The SMILES string of the molecule is c1ccc(CNC2=C(C3CCCCC3)CCCC2)cc1. The Bertz CT molecular complexity index is 440. The minimum atomic E-state index is 0.891. The first kappa shape index (κ1) is 13.7. The molecule has 0 aliphatic heterocycles. The van der Waals surface area contributed by atoms with Crippen LogP contribution in [0.1, 0.15) is 63.4 Å². The van der Waals surface area contributed by atoms with Crippen molar-refractivity contribution < 1.29 is 0 Å². The van der Waals surface area contributed by atoms with Crippen molar-refractivity contribution in [1.29, 1.82) is 0 Å². The van der Waals surface area contributed by atoms with E-state index in [1.807, 2.05) is 0 Å². The van der Waals surface area contributed by atoms with Gasteiger partial charge in [-0.1, -0.05) is 49.6 Å². The van der Waals surface area contributed by atoms with Crippen LogP contribution < -0.4 is 5.32 Å². The summed E-state index contributed by atoms with van der Waals surface area (Å²) < 4.78 is 0. The lowest BCUT2D eigenvalue weighted by Crippen LogP contribution is -2.22. The van der Waals surface area contributed by atoms with Crippen molar-refractivity contribution in [2.75, 3.05) is 0 Å². The van der Waals surface area contributed by atoms with Gasteiger partial charge in [0.05, 0.1) is 0 Å². The van der Waals surface area contributed by atoms with E-state index < -0.39 is 0 Å². The summed E-state index contributed by atoms with van der Waals surface area (Å²) in [5.74, 6) is 0.891. The van der Waals surface area contributed by atoms with Crippen molar-refractivity contribution in [2.45, 2.75) is 64.3 Å². The molecule has 1 N–H and O–H groups in total. The van der Waals surface area contributed by atoms with Gasteiger partial charge in [0.1, 0.15) is 0 Å². The van der Waals surface area contributed by atoms with Crippen LogP contribution in [-0.2, 0) is 6.54 Å². The van der Waals surface area contributed by atoms with Crippen molar-refractivity contribution in [3.8, 4) is 0 Å². The third kappa shape index (κ3) is 3.45. The molecule has 0 saturated heterocycles. The average molecular weight is 269 g/mol. The lowest BCUT2D eigenvalue weighted by Gasteiger charge is -2.30. The summed E-state index contributed by atoms with van der Waals surface area (Å²) in [5.41, 5.74) is 4.77. The van der Waals surface area contributed by atoms with E-state index >= 15 is 0 Å². The van der Waals surface area contributed by atoms with Gasteiger partial charge in [0.25, 0.3) is 0 Å². The number of rotatable bonds is 4. The third-order valence-electron chi connectivity index (χ3n) is 4.96. The Morgan fingerprint density at radius 2 is 1.60 bits per heavy atom. The van der Waals surface area contributed by atoms with Crippen LogP contribution in [0.2, 0.25) is 0 Å². The fraction of sp³-hybridized carbons (Fsp3) is 0.579. The Morgan fingerprint density at radius 3 is 2.40 bits per heavy atom. The van der Waals surface area contributed by atoms with Gasteiger partial charge in [-0.2, -0.15) is 0 Å². The van der Waals surface area contributed by atoms with Gasteiger partial charge in [-0.15, -0.1) is 0 Å². The summed E-state index contributed by atoms with van der Waals surface area (Å²) >= 11 is 0. The zero-order chi connectivity index (χ0) is 13.6. The van der Waals surface area contributed by atoms with Crippen LogP contribution in [0, 0.1) is 5.92 Å². The van der Waals surface area contributed by atoms with Crippen LogP contribution >= 0.6 is 0 Å². The molecule has 0 radical (unpaired) electrons. The number of nitrogens with one attached hydrogen (secondary N) is 1. The molecule has 3 rings (SSSR count). The highest BCUT2D eigenvalue weighted by Crippen LogP contribution is 2.37. The van der Waals surface area contributed by atoms with Crippen molar-refractivity contribution >= 4 is 0 Å². The second-order valence-corrected chi connectivity index (χ2v) is 6.38. The number of hydrogen-bond acceptors (Lipinski definition) is 1. The Hall–Kier alpha value is -1.24. The maximum absolute atomic E-state index is 3.76. The predicted octanol–water partition coefficient (Wildman–Crippen LogP) is 5.18. The molecule has 20 heavy (non-hydrogen) atoms. The molecule has 0 atom stereocenters. The normalized spacial score (nSPS) is 21.0. The van der Waals surface area contributed by atoms with E-state index in [2.05, 4.69) is 35.6 Å². The second kappa shape index (κ2) is 6.97. The molecule has 0 unspecified atom stereocenters. The lowest BCUT2D eigenvalue weighted by molar-refractivity contribution is 0.379. The lowest BCUT2D eigenvalue weighted by atomic mass is 9.78. The second-order valence-electron chi connectivity index (χ2n) is 6.38. The standard InChI is InChI=1S/C19H27N/c1-3-9-16(10-4-1)15-20-19-14-8-7-13-18(19)17-11-5-2-6-12-17/h1,3-4,9-10,17,20H,2,5-8,11-15H2. The molecule has 2 aliphatic rings. The Balaban J connectivity index is 1.68. The highest BCUT2D eigenvalue weighted by molar-refractivity contribution is 5.21. The highest BCUT2D eigenvalue weighted by atomic mass is 14.9. The molecule has 0 spiro atoms. The number of hydrogen-bond donors (Lipinski definition) is 1. The van der Waals surface area contributed by atoms with Gasteiger partial charge < -0.3 is 5.32 Å². The fourth-order valence-electron chi connectivity index (χ4n) is 3.84. The largest absolute Gasteiger partial charge is 0.384 e. The van der Waals surface area contributed by atoms with Gasteiger partial charge in [0, 0.05) is 12.2 Å². The van der Waals surface area contributed by atoms with Crippen LogP contribution in [0.4, 0.5) is 0 Å². The monoisotopic (exact) mass is 269 g/mol. The summed E-state index contributed by atoms with van der Waals surface area (Å²) in [7, 11) is 0. The molecule has 1 aromatic carbocycles. The van der Waals surface area contributed by atoms with Crippen molar-refractivity contribution in [3.63, 3.8) is 0 Å². The molecule has 1 heteroatoms. The van der Waals surface area contributed by atoms with Gasteiger partial charge in [0.2, 0.25) is 0 Å². The Kier molecular flexibility index (Phi) is 4.78. The molecular weight excluding hydrogens is 242 g/mol. The summed E-state index contributed by atoms with van der Waals surface area (Å²) in [5, 5.41) is 3.76. The molecule has 0 amide bonds. The fourth-order valence-corrected chi connectivity index (χ4v) is 3.84.